The summed E-state index contributed by atoms with van der Waals surface area (Å²) in [5, 5.41) is 0. The molecule has 0 amide bonds. The number of aryl methyl sites for hydroxylation is 1. The zero-order chi connectivity index (χ0) is 10.8. The number of hydrogen-bond acceptors (Lipinski definition) is 2. The van der Waals surface area contributed by atoms with Crippen molar-refractivity contribution in [3.05, 3.63) is 29.3 Å². The lowest BCUT2D eigenvalue weighted by Crippen LogP contribution is -2.06. The van der Waals surface area contributed by atoms with Crippen LogP contribution in [0.1, 0.15) is 30.9 Å². The molecule has 0 radical (unpaired) electrons. The molecule has 0 N–H and O–H groups in total. The van der Waals surface area contributed by atoms with Crippen LogP contribution in [0.5, 0.6) is 5.75 Å². The third-order valence-corrected chi connectivity index (χ3v) is 2.62. The molecule has 0 bridgehead atoms. The number of benzene rings is 1. The maximum atomic E-state index is 5.78. The van der Waals surface area contributed by atoms with Crippen molar-refractivity contribution < 1.29 is 9.47 Å². The van der Waals surface area contributed by atoms with Gasteiger partial charge in [0.1, 0.15) is 18.5 Å². The zero-order valence-electron chi connectivity index (χ0n) is 9.62. The lowest BCUT2D eigenvalue weighted by molar-refractivity contribution is 0.260. The Morgan fingerprint density at radius 1 is 1.47 bits per heavy atom. The summed E-state index contributed by atoms with van der Waals surface area (Å²) in [6.45, 7) is 7.99. The Bertz CT molecular complexity index is 340. The first-order chi connectivity index (χ1) is 7.16. The van der Waals surface area contributed by atoms with Gasteiger partial charge in [0, 0.05) is 0 Å². The topological polar surface area (TPSA) is 21.8 Å². The van der Waals surface area contributed by atoms with Crippen LogP contribution in [0.3, 0.4) is 0 Å². The van der Waals surface area contributed by atoms with Gasteiger partial charge >= 0.3 is 0 Å². The molecule has 82 valence electrons. The molecule has 1 aliphatic rings. The SMILES string of the molecule is Cc1ccc(C(C)C)c(OC[C@H]2CO2)c1. The zero-order valence-corrected chi connectivity index (χ0v) is 9.62. The third kappa shape index (κ3) is 2.72. The van der Waals surface area contributed by atoms with Gasteiger partial charge in [-0.15, -0.1) is 0 Å². The molecule has 2 nitrogen and oxygen atoms in total. The van der Waals surface area contributed by atoms with E-state index in [0.717, 1.165) is 12.4 Å². The normalized spacial score (nSPS) is 19.3. The average Bonchev–Trinajstić information content (AvgIpc) is 2.97. The van der Waals surface area contributed by atoms with E-state index in [0.29, 0.717) is 18.6 Å². The summed E-state index contributed by atoms with van der Waals surface area (Å²) in [6, 6.07) is 6.40. The fourth-order valence-electron chi connectivity index (χ4n) is 1.59. The average molecular weight is 206 g/mol. The summed E-state index contributed by atoms with van der Waals surface area (Å²) in [5.41, 5.74) is 2.52. The lowest BCUT2D eigenvalue weighted by atomic mass is 10.0. The van der Waals surface area contributed by atoms with Crippen LogP contribution in [0.25, 0.3) is 0 Å². The Balaban J connectivity index is 2.13. The smallest absolute Gasteiger partial charge is 0.123 e. The fourth-order valence-corrected chi connectivity index (χ4v) is 1.59. The second-order valence-corrected chi connectivity index (χ2v) is 4.46. The minimum Gasteiger partial charge on any atom is -0.490 e. The molecular weight excluding hydrogens is 188 g/mol. The molecule has 1 heterocycles. The molecule has 1 fully saturated rings. The Hall–Kier alpha value is -1.02. The van der Waals surface area contributed by atoms with Gasteiger partial charge in [0.05, 0.1) is 6.61 Å². The van der Waals surface area contributed by atoms with E-state index >= 15 is 0 Å². The first-order valence-corrected chi connectivity index (χ1v) is 5.52. The summed E-state index contributed by atoms with van der Waals surface area (Å²) in [5.74, 6) is 1.52. The summed E-state index contributed by atoms with van der Waals surface area (Å²) in [4.78, 5) is 0. The molecule has 0 saturated carbocycles. The summed E-state index contributed by atoms with van der Waals surface area (Å²) < 4.78 is 10.9. The molecular formula is C13H18O2. The van der Waals surface area contributed by atoms with Gasteiger partial charge in [0.15, 0.2) is 0 Å². The van der Waals surface area contributed by atoms with E-state index in [1.165, 1.54) is 11.1 Å². The van der Waals surface area contributed by atoms with Gasteiger partial charge in [0.2, 0.25) is 0 Å². The first-order valence-electron chi connectivity index (χ1n) is 5.52. The minimum atomic E-state index is 0.325. The second-order valence-electron chi connectivity index (χ2n) is 4.46. The van der Waals surface area contributed by atoms with E-state index in [2.05, 4.69) is 39.0 Å². The Labute approximate surface area is 91.2 Å². The van der Waals surface area contributed by atoms with Crippen LogP contribution >= 0.6 is 0 Å². The van der Waals surface area contributed by atoms with Gasteiger partial charge < -0.3 is 9.47 Å². The summed E-state index contributed by atoms with van der Waals surface area (Å²) >= 11 is 0. The van der Waals surface area contributed by atoms with Crippen molar-refractivity contribution in [2.45, 2.75) is 32.8 Å². The lowest BCUT2D eigenvalue weighted by Gasteiger charge is -2.14. The van der Waals surface area contributed by atoms with Crippen LogP contribution in [0.4, 0.5) is 0 Å². The van der Waals surface area contributed by atoms with E-state index in [1.807, 2.05) is 0 Å². The minimum absolute atomic E-state index is 0.325. The van der Waals surface area contributed by atoms with E-state index in [4.69, 9.17) is 9.47 Å². The Morgan fingerprint density at radius 2 is 2.20 bits per heavy atom. The van der Waals surface area contributed by atoms with Crippen molar-refractivity contribution in [1.29, 1.82) is 0 Å². The van der Waals surface area contributed by atoms with E-state index < -0.39 is 0 Å². The maximum absolute atomic E-state index is 5.78. The molecule has 2 rings (SSSR count). The van der Waals surface area contributed by atoms with Gasteiger partial charge in [-0.05, 0) is 30.0 Å². The maximum Gasteiger partial charge on any atom is 0.123 e. The summed E-state index contributed by atoms with van der Waals surface area (Å²) in [6.07, 6.45) is 0.325. The van der Waals surface area contributed by atoms with Crippen LogP contribution in [0, 0.1) is 6.92 Å². The molecule has 15 heavy (non-hydrogen) atoms. The molecule has 0 aliphatic carbocycles. The first kappa shape index (κ1) is 10.5. The molecule has 1 aliphatic heterocycles. The highest BCUT2D eigenvalue weighted by molar-refractivity contribution is 5.39. The predicted octanol–water partition coefficient (Wildman–Crippen LogP) is 2.90. The van der Waals surface area contributed by atoms with Crippen LogP contribution < -0.4 is 4.74 Å². The van der Waals surface area contributed by atoms with Crippen LogP contribution in [-0.4, -0.2) is 19.3 Å². The molecule has 0 aromatic heterocycles. The van der Waals surface area contributed by atoms with Crippen LogP contribution in [-0.2, 0) is 4.74 Å². The quantitative estimate of drug-likeness (QED) is 0.706. The van der Waals surface area contributed by atoms with Crippen LogP contribution in [0.15, 0.2) is 18.2 Å². The van der Waals surface area contributed by atoms with Crippen molar-refractivity contribution in [1.82, 2.24) is 0 Å². The molecule has 0 spiro atoms. The highest BCUT2D eigenvalue weighted by Crippen LogP contribution is 2.28. The van der Waals surface area contributed by atoms with Gasteiger partial charge in [-0.3, -0.25) is 0 Å². The number of rotatable bonds is 4. The molecule has 1 saturated heterocycles. The Morgan fingerprint density at radius 3 is 2.80 bits per heavy atom. The monoisotopic (exact) mass is 206 g/mol. The van der Waals surface area contributed by atoms with Crippen molar-refractivity contribution in [3.8, 4) is 5.75 Å². The molecule has 1 aromatic carbocycles. The third-order valence-electron chi connectivity index (χ3n) is 2.62. The number of ether oxygens (including phenoxy) is 2. The Kier molecular flexibility index (Phi) is 2.96. The molecule has 1 aromatic rings. The number of hydrogen-bond donors (Lipinski definition) is 0. The highest BCUT2D eigenvalue weighted by atomic mass is 16.6. The van der Waals surface area contributed by atoms with Crippen molar-refractivity contribution in [3.63, 3.8) is 0 Å². The molecule has 1 atom stereocenters. The largest absolute Gasteiger partial charge is 0.490 e. The number of epoxide rings is 1. The van der Waals surface area contributed by atoms with Gasteiger partial charge in [0.25, 0.3) is 0 Å². The molecule has 2 heteroatoms. The van der Waals surface area contributed by atoms with Gasteiger partial charge in [-0.25, -0.2) is 0 Å². The highest BCUT2D eigenvalue weighted by Gasteiger charge is 2.23. The van der Waals surface area contributed by atoms with Crippen molar-refractivity contribution >= 4 is 0 Å². The summed E-state index contributed by atoms with van der Waals surface area (Å²) in [7, 11) is 0. The van der Waals surface area contributed by atoms with Crippen LogP contribution in [0.2, 0.25) is 0 Å². The predicted molar refractivity (Wildman–Crippen MR) is 60.5 cm³/mol. The van der Waals surface area contributed by atoms with Crippen molar-refractivity contribution in [2.24, 2.45) is 0 Å². The molecule has 0 unspecified atom stereocenters. The van der Waals surface area contributed by atoms with E-state index in [9.17, 15) is 0 Å². The van der Waals surface area contributed by atoms with E-state index in [-0.39, 0.29) is 0 Å². The second kappa shape index (κ2) is 4.23. The van der Waals surface area contributed by atoms with Crippen molar-refractivity contribution in [2.75, 3.05) is 13.2 Å². The van der Waals surface area contributed by atoms with E-state index in [1.54, 1.807) is 0 Å². The standard InChI is InChI=1S/C13H18O2/c1-9(2)12-5-4-10(3)6-13(12)15-8-11-7-14-11/h4-6,9,11H,7-8H2,1-3H3/t11-/m1/s1. The van der Waals surface area contributed by atoms with Gasteiger partial charge in [-0.2, -0.15) is 0 Å². The fraction of sp³-hybridized carbons (Fsp3) is 0.538. The van der Waals surface area contributed by atoms with Gasteiger partial charge in [-0.1, -0.05) is 26.0 Å².